The smallest absolute Gasteiger partial charge is 0.169 e. The fraction of sp³-hybridized carbons (Fsp3) is 0.333. The molecule has 24 heavy (non-hydrogen) atoms. The number of hydrogen-bond donors (Lipinski definition) is 1. The van der Waals surface area contributed by atoms with Crippen LogP contribution in [-0.4, -0.2) is 35.8 Å². The van der Waals surface area contributed by atoms with Gasteiger partial charge in [-0.3, -0.25) is 4.98 Å². The van der Waals surface area contributed by atoms with Gasteiger partial charge in [0.25, 0.3) is 0 Å². The molecule has 0 saturated heterocycles. The van der Waals surface area contributed by atoms with E-state index in [4.69, 9.17) is 21.7 Å². The van der Waals surface area contributed by atoms with E-state index >= 15 is 0 Å². The summed E-state index contributed by atoms with van der Waals surface area (Å²) in [4.78, 5) is 6.28. The fourth-order valence-electron chi connectivity index (χ4n) is 2.37. The predicted molar refractivity (Wildman–Crippen MR) is 99.3 cm³/mol. The Bertz CT molecular complexity index is 665. The van der Waals surface area contributed by atoms with Gasteiger partial charge in [-0.1, -0.05) is 12.1 Å². The first kappa shape index (κ1) is 18.0. The molecule has 0 fully saturated rings. The topological polar surface area (TPSA) is 46.6 Å². The van der Waals surface area contributed by atoms with Crippen LogP contribution in [0.15, 0.2) is 42.7 Å². The Morgan fingerprint density at radius 3 is 2.50 bits per heavy atom. The highest BCUT2D eigenvalue weighted by Crippen LogP contribution is 2.28. The van der Waals surface area contributed by atoms with Gasteiger partial charge in [0.05, 0.1) is 14.2 Å². The third kappa shape index (κ3) is 4.83. The summed E-state index contributed by atoms with van der Waals surface area (Å²) in [5.74, 6) is 1.43. The summed E-state index contributed by atoms with van der Waals surface area (Å²) < 4.78 is 10.7. The van der Waals surface area contributed by atoms with Crippen LogP contribution in [0.25, 0.3) is 0 Å². The molecule has 0 aliphatic rings. The van der Waals surface area contributed by atoms with Crippen molar-refractivity contribution >= 4 is 17.3 Å². The summed E-state index contributed by atoms with van der Waals surface area (Å²) >= 11 is 5.52. The van der Waals surface area contributed by atoms with Crippen molar-refractivity contribution in [1.29, 1.82) is 0 Å². The molecule has 1 aromatic heterocycles. The lowest BCUT2D eigenvalue weighted by atomic mass is 10.1. The maximum atomic E-state index is 5.52. The summed E-state index contributed by atoms with van der Waals surface area (Å²) in [5, 5.41) is 3.94. The van der Waals surface area contributed by atoms with Crippen molar-refractivity contribution in [3.05, 3.63) is 53.9 Å². The van der Waals surface area contributed by atoms with E-state index in [0.29, 0.717) is 24.6 Å². The SMILES string of the molecule is CCNC(=S)N(Cc1cccnc1)Cc1ccc(OC)c(OC)c1. The Labute approximate surface area is 148 Å². The van der Waals surface area contributed by atoms with Crippen LogP contribution in [0.2, 0.25) is 0 Å². The lowest BCUT2D eigenvalue weighted by Gasteiger charge is -2.26. The third-order valence-corrected chi connectivity index (χ3v) is 3.94. The second-order valence-corrected chi connectivity index (χ2v) is 5.63. The molecule has 2 aromatic rings. The molecule has 128 valence electrons. The minimum Gasteiger partial charge on any atom is -0.493 e. The molecule has 1 N–H and O–H groups in total. The molecule has 6 heteroatoms. The lowest BCUT2D eigenvalue weighted by Crippen LogP contribution is -2.38. The molecular weight excluding hydrogens is 322 g/mol. The second kappa shape index (κ2) is 9.08. The van der Waals surface area contributed by atoms with Gasteiger partial charge in [0.2, 0.25) is 0 Å². The molecule has 0 aliphatic heterocycles. The van der Waals surface area contributed by atoms with Crippen LogP contribution in [0.5, 0.6) is 11.5 Å². The van der Waals surface area contributed by atoms with Crippen LogP contribution in [0.3, 0.4) is 0 Å². The molecule has 0 unspecified atom stereocenters. The molecule has 5 nitrogen and oxygen atoms in total. The number of methoxy groups -OCH3 is 2. The number of pyridine rings is 1. The van der Waals surface area contributed by atoms with Gasteiger partial charge in [-0.25, -0.2) is 0 Å². The Morgan fingerprint density at radius 2 is 1.88 bits per heavy atom. The normalized spacial score (nSPS) is 10.1. The molecule has 0 spiro atoms. The predicted octanol–water partition coefficient (Wildman–Crippen LogP) is 3.00. The van der Waals surface area contributed by atoms with Crippen molar-refractivity contribution in [2.75, 3.05) is 20.8 Å². The molecule has 1 aromatic carbocycles. The summed E-state index contributed by atoms with van der Waals surface area (Å²) in [5.41, 5.74) is 2.20. The van der Waals surface area contributed by atoms with Crippen molar-refractivity contribution in [2.24, 2.45) is 0 Å². The Morgan fingerprint density at radius 1 is 1.12 bits per heavy atom. The van der Waals surface area contributed by atoms with E-state index in [1.165, 1.54) is 0 Å². The Kier molecular flexibility index (Phi) is 6.81. The number of hydrogen-bond acceptors (Lipinski definition) is 4. The van der Waals surface area contributed by atoms with Crippen molar-refractivity contribution in [2.45, 2.75) is 20.0 Å². The molecule has 0 aliphatic carbocycles. The van der Waals surface area contributed by atoms with Crippen molar-refractivity contribution in [3.63, 3.8) is 0 Å². The van der Waals surface area contributed by atoms with Crippen molar-refractivity contribution in [1.82, 2.24) is 15.2 Å². The lowest BCUT2D eigenvalue weighted by molar-refractivity contribution is 0.352. The molecule has 0 radical (unpaired) electrons. The Hall–Kier alpha value is -2.34. The minimum atomic E-state index is 0.668. The van der Waals surface area contributed by atoms with Gasteiger partial charge < -0.3 is 19.7 Å². The number of nitrogens with one attached hydrogen (secondary N) is 1. The van der Waals surface area contributed by atoms with Gasteiger partial charge in [0.1, 0.15) is 0 Å². The van der Waals surface area contributed by atoms with E-state index in [0.717, 1.165) is 22.8 Å². The quantitative estimate of drug-likeness (QED) is 0.779. The molecule has 0 bridgehead atoms. The van der Waals surface area contributed by atoms with E-state index < -0.39 is 0 Å². The molecule has 1 heterocycles. The van der Waals surface area contributed by atoms with Gasteiger partial charge in [-0.05, 0) is 48.5 Å². The maximum Gasteiger partial charge on any atom is 0.169 e. The molecule has 2 rings (SSSR count). The average molecular weight is 345 g/mol. The zero-order valence-corrected chi connectivity index (χ0v) is 15.1. The van der Waals surface area contributed by atoms with Crippen molar-refractivity contribution in [3.8, 4) is 11.5 Å². The second-order valence-electron chi connectivity index (χ2n) is 5.24. The number of ether oxygens (including phenoxy) is 2. The number of thiocarbonyl (C=S) groups is 1. The Balaban J connectivity index is 2.19. The van der Waals surface area contributed by atoms with Crippen LogP contribution in [0, 0.1) is 0 Å². The van der Waals surface area contributed by atoms with E-state index in [2.05, 4.69) is 15.2 Å². The highest BCUT2D eigenvalue weighted by Gasteiger charge is 2.13. The standard InChI is InChI=1S/C18H23N3O2S/c1-4-20-18(24)21(13-15-6-5-9-19-11-15)12-14-7-8-16(22-2)17(10-14)23-3/h5-11H,4,12-13H2,1-3H3,(H,20,24). The van der Waals surface area contributed by atoms with Crippen LogP contribution in [0.4, 0.5) is 0 Å². The maximum absolute atomic E-state index is 5.52. The minimum absolute atomic E-state index is 0.668. The van der Waals surface area contributed by atoms with E-state index in [9.17, 15) is 0 Å². The monoisotopic (exact) mass is 345 g/mol. The summed E-state index contributed by atoms with van der Waals surface area (Å²) in [6.07, 6.45) is 3.63. The zero-order chi connectivity index (χ0) is 17.4. The van der Waals surface area contributed by atoms with Gasteiger partial charge in [-0.2, -0.15) is 0 Å². The molecule has 0 saturated carbocycles. The molecule has 0 amide bonds. The van der Waals surface area contributed by atoms with Crippen LogP contribution < -0.4 is 14.8 Å². The number of nitrogens with zero attached hydrogens (tertiary/aromatic N) is 2. The largest absolute Gasteiger partial charge is 0.493 e. The van der Waals surface area contributed by atoms with Crippen molar-refractivity contribution < 1.29 is 9.47 Å². The summed E-state index contributed by atoms with van der Waals surface area (Å²) in [7, 11) is 3.27. The molecule has 0 atom stereocenters. The van der Waals surface area contributed by atoms with Crippen LogP contribution in [0.1, 0.15) is 18.1 Å². The highest BCUT2D eigenvalue weighted by atomic mass is 32.1. The first-order valence-corrected chi connectivity index (χ1v) is 8.21. The molecular formula is C18H23N3O2S. The number of rotatable bonds is 7. The number of aromatic nitrogens is 1. The number of benzene rings is 1. The first-order chi connectivity index (χ1) is 11.7. The van der Waals surface area contributed by atoms with E-state index in [1.54, 1.807) is 20.4 Å². The zero-order valence-electron chi connectivity index (χ0n) is 14.3. The highest BCUT2D eigenvalue weighted by molar-refractivity contribution is 7.80. The van der Waals surface area contributed by atoms with Gasteiger partial charge in [-0.15, -0.1) is 0 Å². The average Bonchev–Trinajstić information content (AvgIpc) is 2.62. The summed E-state index contributed by atoms with van der Waals surface area (Å²) in [6, 6.07) is 9.88. The summed E-state index contributed by atoms with van der Waals surface area (Å²) in [6.45, 7) is 4.17. The first-order valence-electron chi connectivity index (χ1n) is 7.80. The van der Waals surface area contributed by atoms with Gasteiger partial charge in [0, 0.05) is 32.0 Å². The van der Waals surface area contributed by atoms with Gasteiger partial charge in [0.15, 0.2) is 16.6 Å². The van der Waals surface area contributed by atoms with Crippen LogP contribution in [-0.2, 0) is 13.1 Å². The van der Waals surface area contributed by atoms with Crippen LogP contribution >= 0.6 is 12.2 Å². The third-order valence-electron chi connectivity index (χ3n) is 3.53. The van der Waals surface area contributed by atoms with E-state index in [-0.39, 0.29) is 0 Å². The van der Waals surface area contributed by atoms with Gasteiger partial charge >= 0.3 is 0 Å². The van der Waals surface area contributed by atoms with E-state index in [1.807, 2.05) is 43.5 Å². The fourth-order valence-corrected chi connectivity index (χ4v) is 2.65.